The SMILES string of the molecule is C.C.C.C.C.C.C(=C\c1ccccc1)/c1ccccc1.CC.CC.CC.CC.CC.CC.O=C(/C=C/c1ccccc1)c1ccccc1.O=c1c(O)c(-c2ccccc2)oc2ccccc12. The first-order valence-corrected chi connectivity index (χ1v) is 21.5. The van der Waals surface area contributed by atoms with Crippen LogP contribution in [0.3, 0.4) is 0 Å². The minimum absolute atomic E-state index is 0. The summed E-state index contributed by atoms with van der Waals surface area (Å²) in [6, 6.07) is 55.6. The Morgan fingerprint density at radius 1 is 0.409 bits per heavy atom. The van der Waals surface area contributed by atoms with E-state index in [2.05, 4.69) is 36.4 Å². The quantitative estimate of drug-likeness (QED) is 0.103. The zero-order chi connectivity index (χ0) is 45.4. The van der Waals surface area contributed by atoms with Crippen molar-refractivity contribution in [2.45, 2.75) is 128 Å². The first kappa shape index (κ1) is 76.8. The molecule has 7 rings (SSSR count). The summed E-state index contributed by atoms with van der Waals surface area (Å²) in [6.07, 6.45) is 7.67. The van der Waals surface area contributed by atoms with Crippen LogP contribution in [0.4, 0.5) is 0 Å². The minimum Gasteiger partial charge on any atom is -0.502 e. The number of para-hydroxylation sites is 1. The zero-order valence-electron chi connectivity index (χ0n) is 38.2. The Labute approximate surface area is 406 Å². The molecule has 0 unspecified atom stereocenters. The van der Waals surface area contributed by atoms with Crippen molar-refractivity contribution in [3.05, 3.63) is 214 Å². The van der Waals surface area contributed by atoms with E-state index in [-0.39, 0.29) is 61.9 Å². The van der Waals surface area contributed by atoms with Gasteiger partial charge in [-0.25, -0.2) is 0 Å². The molecule has 0 radical (unpaired) electrons. The zero-order valence-corrected chi connectivity index (χ0v) is 38.2. The molecule has 66 heavy (non-hydrogen) atoms. The molecule has 0 fully saturated rings. The summed E-state index contributed by atoms with van der Waals surface area (Å²) in [5.41, 5.74) is 4.96. The molecule has 0 atom stereocenters. The molecule has 1 N–H and O–H groups in total. The second-order valence-electron chi connectivity index (χ2n) is 10.6. The highest BCUT2D eigenvalue weighted by Gasteiger charge is 2.14. The van der Waals surface area contributed by atoms with E-state index in [9.17, 15) is 14.7 Å². The largest absolute Gasteiger partial charge is 0.502 e. The van der Waals surface area contributed by atoms with Crippen LogP contribution in [-0.4, -0.2) is 10.9 Å². The van der Waals surface area contributed by atoms with E-state index in [1.165, 1.54) is 11.1 Å². The number of ketones is 1. The third-order valence-corrected chi connectivity index (χ3v) is 7.16. The highest BCUT2D eigenvalue weighted by atomic mass is 16.4. The van der Waals surface area contributed by atoms with Gasteiger partial charge in [0.05, 0.1) is 5.39 Å². The molecule has 4 heteroatoms. The van der Waals surface area contributed by atoms with Gasteiger partial charge in [-0.1, -0.05) is 310 Å². The monoisotopic (exact) mass is 903 g/mol. The summed E-state index contributed by atoms with van der Waals surface area (Å²) >= 11 is 0. The maximum Gasteiger partial charge on any atom is 0.235 e. The van der Waals surface area contributed by atoms with E-state index in [1.54, 1.807) is 42.5 Å². The van der Waals surface area contributed by atoms with E-state index < -0.39 is 5.43 Å². The standard InChI is InChI=1S/C15H10O3.C15H12O.C14H12.6C2H6.6CH4/c16-13-11-8-4-5-9-12(11)18-15(14(13)17)10-6-2-1-3-7-10;16-15(14-9-5-2-6-10-14)12-11-13-7-3-1-4-8-13;1-3-7-13(8-4-1)11-12-14-9-5-2-6-10-14;6*1-2;;;;;;/h1-9,17H;1-12H;1-12H;6*1-2H3;6*1H4/b;2*12-11+;;;;;;;;;;;;. The van der Waals surface area contributed by atoms with Gasteiger partial charge in [0, 0.05) is 11.1 Å². The maximum atomic E-state index is 12.0. The van der Waals surface area contributed by atoms with Crippen molar-refractivity contribution in [1.82, 2.24) is 0 Å². The Bertz CT molecular complexity index is 2100. The average molecular weight is 903 g/mol. The lowest BCUT2D eigenvalue weighted by atomic mass is 10.1. The number of hydrogen-bond donors (Lipinski definition) is 1. The summed E-state index contributed by atoms with van der Waals surface area (Å²) in [4.78, 5) is 23.7. The second-order valence-corrected chi connectivity index (χ2v) is 10.6. The van der Waals surface area contributed by atoms with E-state index in [1.807, 2.05) is 204 Å². The predicted octanol–water partition coefficient (Wildman–Crippen LogP) is 20.6. The summed E-state index contributed by atoms with van der Waals surface area (Å²) < 4.78 is 5.61. The van der Waals surface area contributed by atoms with Gasteiger partial charge in [0.15, 0.2) is 11.5 Å². The number of fused-ring (bicyclic) bond motifs is 1. The molecule has 0 aliphatic heterocycles. The van der Waals surface area contributed by atoms with Crippen molar-refractivity contribution < 1.29 is 14.3 Å². The first-order chi connectivity index (χ1) is 29.6. The smallest absolute Gasteiger partial charge is 0.235 e. The number of aromatic hydroxyl groups is 1. The van der Waals surface area contributed by atoms with Crippen LogP contribution in [0.1, 0.15) is 155 Å². The maximum absolute atomic E-state index is 12.0. The van der Waals surface area contributed by atoms with Gasteiger partial charge in [0.1, 0.15) is 5.58 Å². The van der Waals surface area contributed by atoms with Crippen molar-refractivity contribution in [1.29, 1.82) is 0 Å². The summed E-state index contributed by atoms with van der Waals surface area (Å²) in [5.74, 6) is -0.108. The Balaban J connectivity index is -0.000000110. The van der Waals surface area contributed by atoms with E-state index >= 15 is 0 Å². The van der Waals surface area contributed by atoms with Crippen molar-refractivity contribution in [2.24, 2.45) is 0 Å². The fourth-order valence-corrected chi connectivity index (χ4v) is 4.67. The summed E-state index contributed by atoms with van der Waals surface area (Å²) in [6.45, 7) is 24.0. The molecule has 0 saturated heterocycles. The van der Waals surface area contributed by atoms with E-state index in [0.717, 1.165) is 11.1 Å². The summed E-state index contributed by atoms with van der Waals surface area (Å²) in [5, 5.41) is 10.3. The van der Waals surface area contributed by atoms with E-state index in [4.69, 9.17) is 4.42 Å². The van der Waals surface area contributed by atoms with E-state index in [0.29, 0.717) is 16.5 Å². The molecule has 0 amide bonds. The Hall–Kier alpha value is -6.52. The van der Waals surface area contributed by atoms with Gasteiger partial charge in [0.2, 0.25) is 11.2 Å². The van der Waals surface area contributed by atoms with Crippen molar-refractivity contribution >= 4 is 35.0 Å². The van der Waals surface area contributed by atoms with Crippen LogP contribution in [0, 0.1) is 0 Å². The number of benzene rings is 6. The average Bonchev–Trinajstić information content (AvgIpc) is 3.37. The highest BCUT2D eigenvalue weighted by Crippen LogP contribution is 2.29. The number of carbonyl (C=O) groups is 1. The second kappa shape index (κ2) is 52.8. The molecule has 0 saturated carbocycles. The number of allylic oxidation sites excluding steroid dienone is 1. The molecule has 7 aromatic rings. The molecule has 1 heterocycles. The normalized spacial score (nSPS) is 8.24. The third-order valence-electron chi connectivity index (χ3n) is 7.16. The molecular weight excluding hydrogens is 809 g/mol. The molecule has 6 aromatic carbocycles. The highest BCUT2D eigenvalue weighted by molar-refractivity contribution is 6.06. The molecule has 0 bridgehead atoms. The van der Waals surface area contributed by atoms with Crippen LogP contribution >= 0.6 is 0 Å². The first-order valence-electron chi connectivity index (χ1n) is 21.5. The van der Waals surface area contributed by atoms with Gasteiger partial charge in [-0.2, -0.15) is 0 Å². The van der Waals surface area contributed by atoms with Crippen LogP contribution in [0.15, 0.2) is 191 Å². The van der Waals surface area contributed by atoms with Gasteiger partial charge < -0.3 is 9.52 Å². The minimum atomic E-state index is -0.407. The van der Waals surface area contributed by atoms with Crippen LogP contribution in [0.5, 0.6) is 5.75 Å². The Kier molecular flexibility index (Phi) is 61.4. The number of rotatable bonds is 6. The molecule has 4 nitrogen and oxygen atoms in total. The third kappa shape index (κ3) is 29.8. The van der Waals surface area contributed by atoms with Gasteiger partial charge in [0.25, 0.3) is 0 Å². The van der Waals surface area contributed by atoms with Crippen LogP contribution in [0.2, 0.25) is 0 Å². The molecule has 366 valence electrons. The number of hydrogen-bond acceptors (Lipinski definition) is 4. The number of carbonyl (C=O) groups excluding carboxylic acids is 1. The van der Waals surface area contributed by atoms with Crippen LogP contribution in [0.25, 0.3) is 40.5 Å². The molecule has 0 spiro atoms. The summed E-state index contributed by atoms with van der Waals surface area (Å²) in [7, 11) is 0. The fourth-order valence-electron chi connectivity index (χ4n) is 4.67. The van der Waals surface area contributed by atoms with Crippen LogP contribution < -0.4 is 5.43 Å². The van der Waals surface area contributed by atoms with Crippen molar-refractivity contribution in [3.63, 3.8) is 0 Å². The molecule has 0 aliphatic carbocycles. The molecule has 1 aromatic heterocycles. The van der Waals surface area contributed by atoms with Gasteiger partial charge in [-0.3, -0.25) is 9.59 Å². The van der Waals surface area contributed by atoms with Gasteiger partial charge in [-0.15, -0.1) is 0 Å². The van der Waals surface area contributed by atoms with Crippen molar-refractivity contribution in [2.75, 3.05) is 0 Å². The lowest BCUT2D eigenvalue weighted by Crippen LogP contribution is -2.02. The van der Waals surface area contributed by atoms with Crippen molar-refractivity contribution in [3.8, 4) is 17.1 Å². The van der Waals surface area contributed by atoms with Gasteiger partial charge in [-0.05, 0) is 34.9 Å². The lowest BCUT2D eigenvalue weighted by Gasteiger charge is -2.05. The Morgan fingerprint density at radius 2 is 0.712 bits per heavy atom. The Morgan fingerprint density at radius 3 is 1.09 bits per heavy atom. The predicted molar refractivity (Wildman–Crippen MR) is 306 cm³/mol. The fraction of sp³-hybridized carbons (Fsp3) is 0.290. The molecular formula is C62H94O4. The molecule has 0 aliphatic rings. The topological polar surface area (TPSA) is 67.5 Å². The van der Waals surface area contributed by atoms with Crippen LogP contribution in [-0.2, 0) is 0 Å². The lowest BCUT2D eigenvalue weighted by molar-refractivity contribution is 0.104. The van der Waals surface area contributed by atoms with Gasteiger partial charge >= 0.3 is 0 Å².